The first kappa shape index (κ1) is 18.6. The quantitative estimate of drug-likeness (QED) is 0.478. The fourth-order valence-corrected chi connectivity index (χ4v) is 2.88. The lowest BCUT2D eigenvalue weighted by molar-refractivity contribution is -0.147. The lowest BCUT2D eigenvalue weighted by atomic mass is 9.95. The van der Waals surface area contributed by atoms with Crippen molar-refractivity contribution in [2.75, 3.05) is 11.9 Å². The van der Waals surface area contributed by atoms with E-state index in [1.165, 1.54) is 0 Å². The number of esters is 1. The van der Waals surface area contributed by atoms with Crippen molar-refractivity contribution >= 4 is 23.3 Å². The van der Waals surface area contributed by atoms with Crippen molar-refractivity contribution in [3.63, 3.8) is 0 Å². The second kappa shape index (κ2) is 8.94. The summed E-state index contributed by atoms with van der Waals surface area (Å²) >= 11 is 0. The third kappa shape index (κ3) is 5.14. The number of carbonyl (C=O) groups excluding carboxylic acids is 3. The van der Waals surface area contributed by atoms with Gasteiger partial charge >= 0.3 is 5.97 Å². The van der Waals surface area contributed by atoms with Crippen LogP contribution in [0.1, 0.15) is 40.0 Å². The molecule has 0 saturated carbocycles. The maximum absolute atomic E-state index is 12.2. The van der Waals surface area contributed by atoms with Crippen LogP contribution in [0.3, 0.4) is 0 Å². The van der Waals surface area contributed by atoms with Crippen LogP contribution in [0, 0.1) is 5.92 Å². The standard InChI is InChI=1S/C22H21NO4/c24-20(15-27-22(26)18-9-5-2-6-10-18)16-11-13-19(14-12-16)23-21(25)17-7-3-1-4-8-17/h1-5,7-8,11-14,18H,6,9-10,15H2,(H,23,25)/t18-/m1/s1. The monoisotopic (exact) mass is 363 g/mol. The summed E-state index contributed by atoms with van der Waals surface area (Å²) in [4.78, 5) is 36.3. The molecule has 1 aliphatic rings. The van der Waals surface area contributed by atoms with Gasteiger partial charge in [0.25, 0.3) is 5.91 Å². The highest BCUT2D eigenvalue weighted by Crippen LogP contribution is 2.19. The molecule has 0 aliphatic heterocycles. The number of amides is 1. The van der Waals surface area contributed by atoms with Crippen LogP contribution in [0.4, 0.5) is 5.69 Å². The van der Waals surface area contributed by atoms with Gasteiger partial charge in [0.15, 0.2) is 12.4 Å². The van der Waals surface area contributed by atoms with Crippen molar-refractivity contribution in [1.82, 2.24) is 0 Å². The van der Waals surface area contributed by atoms with Crippen molar-refractivity contribution in [2.24, 2.45) is 5.92 Å². The Morgan fingerprint density at radius 1 is 0.926 bits per heavy atom. The van der Waals surface area contributed by atoms with E-state index in [-0.39, 0.29) is 30.2 Å². The van der Waals surface area contributed by atoms with Gasteiger partial charge in [-0.15, -0.1) is 0 Å². The molecule has 0 fully saturated rings. The number of Topliss-reactive ketones (excluding diaryl/α,β-unsaturated/α-hetero) is 1. The van der Waals surface area contributed by atoms with Gasteiger partial charge in [-0.25, -0.2) is 0 Å². The molecule has 0 aromatic heterocycles. The molecule has 27 heavy (non-hydrogen) atoms. The van der Waals surface area contributed by atoms with Gasteiger partial charge in [-0.05, 0) is 55.7 Å². The molecule has 1 N–H and O–H groups in total. The Morgan fingerprint density at radius 3 is 2.33 bits per heavy atom. The molecular weight excluding hydrogens is 342 g/mol. The number of benzene rings is 2. The summed E-state index contributed by atoms with van der Waals surface area (Å²) in [5.74, 6) is -0.960. The SMILES string of the molecule is O=C(COC(=O)[C@@H]1CC=CCC1)c1ccc(NC(=O)c2ccccc2)cc1. The fraction of sp³-hybridized carbons (Fsp3) is 0.227. The molecule has 0 saturated heterocycles. The molecule has 1 aliphatic carbocycles. The number of hydrogen-bond donors (Lipinski definition) is 1. The summed E-state index contributed by atoms with van der Waals surface area (Å²) in [6, 6.07) is 15.4. The van der Waals surface area contributed by atoms with Gasteiger partial charge < -0.3 is 10.1 Å². The first-order valence-corrected chi connectivity index (χ1v) is 8.95. The first-order valence-electron chi connectivity index (χ1n) is 8.95. The molecule has 5 nitrogen and oxygen atoms in total. The lowest BCUT2D eigenvalue weighted by Crippen LogP contribution is -2.22. The maximum Gasteiger partial charge on any atom is 0.309 e. The second-order valence-corrected chi connectivity index (χ2v) is 6.41. The highest BCUT2D eigenvalue weighted by molar-refractivity contribution is 6.04. The van der Waals surface area contributed by atoms with Gasteiger partial charge in [0.05, 0.1) is 5.92 Å². The summed E-state index contributed by atoms with van der Waals surface area (Å²) in [7, 11) is 0. The number of ketones is 1. The van der Waals surface area contributed by atoms with E-state index in [0.717, 1.165) is 12.8 Å². The number of allylic oxidation sites excluding steroid dienone is 2. The zero-order valence-corrected chi connectivity index (χ0v) is 14.9. The fourth-order valence-electron chi connectivity index (χ4n) is 2.88. The van der Waals surface area contributed by atoms with E-state index in [2.05, 4.69) is 5.32 Å². The molecule has 1 amide bonds. The summed E-state index contributed by atoms with van der Waals surface area (Å²) in [6.45, 7) is -0.269. The summed E-state index contributed by atoms with van der Waals surface area (Å²) < 4.78 is 5.16. The molecule has 0 heterocycles. The Hall–Kier alpha value is -3.21. The third-order valence-electron chi connectivity index (χ3n) is 4.45. The number of carbonyl (C=O) groups is 3. The summed E-state index contributed by atoms with van der Waals surface area (Å²) in [5.41, 5.74) is 1.58. The van der Waals surface area contributed by atoms with Gasteiger partial charge in [0.2, 0.25) is 0 Å². The zero-order valence-electron chi connectivity index (χ0n) is 14.9. The van der Waals surface area contributed by atoms with Crippen molar-refractivity contribution in [3.05, 3.63) is 77.9 Å². The number of ether oxygens (including phenoxy) is 1. The van der Waals surface area contributed by atoms with Crippen LogP contribution in [-0.4, -0.2) is 24.3 Å². The Balaban J connectivity index is 1.52. The minimum atomic E-state index is -0.320. The Labute approximate surface area is 158 Å². The maximum atomic E-state index is 12.2. The molecule has 0 unspecified atom stereocenters. The predicted molar refractivity (Wildman–Crippen MR) is 103 cm³/mol. The molecular formula is C22H21NO4. The third-order valence-corrected chi connectivity index (χ3v) is 4.45. The van der Waals surface area contributed by atoms with E-state index >= 15 is 0 Å². The molecule has 5 heteroatoms. The molecule has 138 valence electrons. The number of anilines is 1. The van der Waals surface area contributed by atoms with Crippen LogP contribution in [-0.2, 0) is 9.53 Å². The van der Waals surface area contributed by atoms with E-state index in [1.807, 2.05) is 18.2 Å². The number of rotatable bonds is 6. The van der Waals surface area contributed by atoms with Crippen LogP contribution in [0.5, 0.6) is 0 Å². The van der Waals surface area contributed by atoms with E-state index in [0.29, 0.717) is 23.2 Å². The van der Waals surface area contributed by atoms with Crippen molar-refractivity contribution in [2.45, 2.75) is 19.3 Å². The van der Waals surface area contributed by atoms with Crippen LogP contribution < -0.4 is 5.32 Å². The normalized spacial score (nSPS) is 15.8. The average Bonchev–Trinajstić information content (AvgIpc) is 2.73. The topological polar surface area (TPSA) is 72.5 Å². The molecule has 0 radical (unpaired) electrons. The van der Waals surface area contributed by atoms with Gasteiger partial charge in [-0.3, -0.25) is 14.4 Å². The highest BCUT2D eigenvalue weighted by atomic mass is 16.5. The first-order chi connectivity index (χ1) is 13.1. The molecule has 0 bridgehead atoms. The van der Waals surface area contributed by atoms with E-state index < -0.39 is 0 Å². The highest BCUT2D eigenvalue weighted by Gasteiger charge is 2.21. The lowest BCUT2D eigenvalue weighted by Gasteiger charge is -2.16. The van der Waals surface area contributed by atoms with Crippen molar-refractivity contribution < 1.29 is 19.1 Å². The Kier molecular flexibility index (Phi) is 6.15. The molecule has 2 aromatic carbocycles. The molecule has 3 rings (SSSR count). The van der Waals surface area contributed by atoms with Gasteiger partial charge in [0.1, 0.15) is 0 Å². The average molecular weight is 363 g/mol. The van der Waals surface area contributed by atoms with Crippen molar-refractivity contribution in [1.29, 1.82) is 0 Å². The van der Waals surface area contributed by atoms with E-state index in [1.54, 1.807) is 48.5 Å². The zero-order chi connectivity index (χ0) is 19.1. The van der Waals surface area contributed by atoms with E-state index in [9.17, 15) is 14.4 Å². The van der Waals surface area contributed by atoms with Crippen LogP contribution in [0.15, 0.2) is 66.7 Å². The second-order valence-electron chi connectivity index (χ2n) is 6.41. The molecule has 1 atom stereocenters. The smallest absolute Gasteiger partial charge is 0.309 e. The summed E-state index contributed by atoms with van der Waals surface area (Å²) in [5, 5.41) is 2.78. The van der Waals surface area contributed by atoms with E-state index in [4.69, 9.17) is 4.74 Å². The molecule has 2 aromatic rings. The Morgan fingerprint density at radius 2 is 1.67 bits per heavy atom. The predicted octanol–water partition coefficient (Wildman–Crippen LogP) is 4.02. The van der Waals surface area contributed by atoms with Crippen LogP contribution >= 0.6 is 0 Å². The van der Waals surface area contributed by atoms with Crippen LogP contribution in [0.2, 0.25) is 0 Å². The van der Waals surface area contributed by atoms with Gasteiger partial charge in [-0.2, -0.15) is 0 Å². The van der Waals surface area contributed by atoms with Gasteiger partial charge in [0, 0.05) is 16.8 Å². The Bertz CT molecular complexity index is 840. The molecule has 0 spiro atoms. The van der Waals surface area contributed by atoms with Crippen LogP contribution in [0.25, 0.3) is 0 Å². The van der Waals surface area contributed by atoms with Gasteiger partial charge in [-0.1, -0.05) is 30.4 Å². The number of nitrogens with one attached hydrogen (secondary N) is 1. The summed E-state index contributed by atoms with van der Waals surface area (Å²) in [6.07, 6.45) is 6.32. The van der Waals surface area contributed by atoms with Crippen molar-refractivity contribution in [3.8, 4) is 0 Å². The minimum absolute atomic E-state index is 0.154. The minimum Gasteiger partial charge on any atom is -0.457 e. The largest absolute Gasteiger partial charge is 0.457 e. The number of hydrogen-bond acceptors (Lipinski definition) is 4.